The lowest BCUT2D eigenvalue weighted by atomic mass is 10.1. The van der Waals surface area contributed by atoms with Gasteiger partial charge in [-0.25, -0.2) is 0 Å². The van der Waals surface area contributed by atoms with Crippen LogP contribution in [-0.2, 0) is 11.8 Å². The second-order valence-electron chi connectivity index (χ2n) is 5.17. The average Bonchev–Trinajstić information content (AvgIpc) is 3.21. The molecular formula is C15H14N6O2S. The maximum atomic E-state index is 11.0. The van der Waals surface area contributed by atoms with Crippen LogP contribution in [0.2, 0.25) is 0 Å². The van der Waals surface area contributed by atoms with Crippen LogP contribution in [0.1, 0.15) is 6.92 Å². The normalized spacial score (nSPS) is 10.8. The van der Waals surface area contributed by atoms with Crippen LogP contribution in [0.25, 0.3) is 22.6 Å². The molecule has 0 saturated carbocycles. The van der Waals surface area contributed by atoms with Crippen molar-refractivity contribution in [1.82, 2.24) is 25.0 Å². The van der Waals surface area contributed by atoms with Gasteiger partial charge in [0.15, 0.2) is 11.0 Å². The molecule has 0 bridgehead atoms. The van der Waals surface area contributed by atoms with Crippen molar-refractivity contribution in [3.8, 4) is 22.6 Å². The van der Waals surface area contributed by atoms with Gasteiger partial charge in [0.2, 0.25) is 0 Å². The molecule has 0 saturated heterocycles. The second kappa shape index (κ2) is 6.75. The Morgan fingerprint density at radius 3 is 2.75 bits per heavy atom. The molecule has 0 atom stereocenters. The topological polar surface area (TPSA) is 106 Å². The van der Waals surface area contributed by atoms with Gasteiger partial charge in [-0.05, 0) is 36.4 Å². The summed E-state index contributed by atoms with van der Waals surface area (Å²) in [6.45, 7) is 1.52. The van der Waals surface area contributed by atoms with E-state index in [1.54, 1.807) is 23.0 Å². The van der Waals surface area contributed by atoms with Gasteiger partial charge in [0.1, 0.15) is 11.5 Å². The van der Waals surface area contributed by atoms with E-state index in [2.05, 4.69) is 25.5 Å². The van der Waals surface area contributed by atoms with Crippen molar-refractivity contribution in [2.75, 3.05) is 5.75 Å². The van der Waals surface area contributed by atoms with E-state index in [0.717, 1.165) is 11.3 Å². The molecule has 3 aromatic rings. The number of nitroso groups, excluding NO2 is 1. The molecule has 0 aliphatic carbocycles. The fourth-order valence-electron chi connectivity index (χ4n) is 2.22. The van der Waals surface area contributed by atoms with Crippen LogP contribution in [-0.4, -0.2) is 36.5 Å². The number of hydrogen-bond acceptors (Lipinski definition) is 7. The minimum absolute atomic E-state index is 0.0589. The van der Waals surface area contributed by atoms with Gasteiger partial charge in [-0.3, -0.25) is 9.48 Å². The Morgan fingerprint density at radius 2 is 2.08 bits per heavy atom. The molecule has 0 aliphatic heterocycles. The van der Waals surface area contributed by atoms with Gasteiger partial charge in [0.25, 0.3) is 0 Å². The molecule has 0 radical (unpaired) electrons. The molecule has 0 spiro atoms. The van der Waals surface area contributed by atoms with Gasteiger partial charge < -0.3 is 4.98 Å². The summed E-state index contributed by atoms with van der Waals surface area (Å²) in [5.74, 6) is 0.892. The Balaban J connectivity index is 1.97. The Morgan fingerprint density at radius 1 is 1.29 bits per heavy atom. The number of nitrogens with one attached hydrogen (secondary N) is 1. The van der Waals surface area contributed by atoms with Crippen molar-refractivity contribution in [3.05, 3.63) is 35.4 Å². The van der Waals surface area contributed by atoms with Gasteiger partial charge in [0.05, 0.1) is 11.4 Å². The van der Waals surface area contributed by atoms with Crippen LogP contribution < -0.4 is 0 Å². The highest BCUT2D eigenvalue weighted by Gasteiger charge is 2.12. The number of carbonyl (C=O) groups is 1. The van der Waals surface area contributed by atoms with E-state index < -0.39 is 0 Å². The Labute approximate surface area is 141 Å². The zero-order valence-electron chi connectivity index (χ0n) is 13.1. The number of aromatic amines is 1. The number of H-pyrrole nitrogens is 1. The molecule has 24 heavy (non-hydrogen) atoms. The van der Waals surface area contributed by atoms with Crippen LogP contribution in [0.3, 0.4) is 0 Å². The zero-order valence-corrected chi connectivity index (χ0v) is 13.9. The first-order valence-corrected chi connectivity index (χ1v) is 8.07. The highest BCUT2D eigenvalue weighted by atomic mass is 32.2. The summed E-state index contributed by atoms with van der Waals surface area (Å²) in [6, 6.07) is 7.05. The molecule has 9 heteroatoms. The number of thioether (sulfide) groups is 1. The summed E-state index contributed by atoms with van der Waals surface area (Å²) in [5, 5.41) is 15.8. The van der Waals surface area contributed by atoms with E-state index in [0.29, 0.717) is 22.3 Å². The fourth-order valence-corrected chi connectivity index (χ4v) is 2.82. The number of nitrogens with zero attached hydrogens (tertiary/aromatic N) is 5. The first-order chi connectivity index (χ1) is 11.6. The molecule has 2 heterocycles. The zero-order chi connectivity index (χ0) is 17.1. The number of Topliss-reactive ketones (excluding diaryl/α,β-unsaturated/α-hetero) is 1. The van der Waals surface area contributed by atoms with Crippen LogP contribution in [0.15, 0.2) is 40.8 Å². The molecule has 3 rings (SSSR count). The maximum absolute atomic E-state index is 11.0. The molecular weight excluding hydrogens is 328 g/mol. The van der Waals surface area contributed by atoms with Gasteiger partial charge in [-0.1, -0.05) is 11.8 Å². The highest BCUT2D eigenvalue weighted by molar-refractivity contribution is 7.99. The quantitative estimate of drug-likeness (QED) is 0.545. The van der Waals surface area contributed by atoms with E-state index in [4.69, 9.17) is 0 Å². The smallest absolute Gasteiger partial charge is 0.189 e. The monoisotopic (exact) mass is 342 g/mol. The first kappa shape index (κ1) is 16.1. The maximum Gasteiger partial charge on any atom is 0.189 e. The summed E-state index contributed by atoms with van der Waals surface area (Å²) in [4.78, 5) is 25.1. The highest BCUT2D eigenvalue weighted by Crippen LogP contribution is 2.30. The third-order valence-corrected chi connectivity index (χ3v) is 4.30. The van der Waals surface area contributed by atoms with E-state index >= 15 is 0 Å². The number of aryl methyl sites for hydroxylation is 1. The molecule has 0 fully saturated rings. The van der Waals surface area contributed by atoms with Crippen molar-refractivity contribution < 1.29 is 4.79 Å². The van der Waals surface area contributed by atoms with E-state index in [1.165, 1.54) is 18.7 Å². The van der Waals surface area contributed by atoms with E-state index in [9.17, 15) is 9.70 Å². The molecule has 0 aliphatic rings. The predicted octanol–water partition coefficient (Wildman–Crippen LogP) is 2.95. The number of aromatic nitrogens is 5. The minimum Gasteiger partial charge on any atom is -0.316 e. The molecule has 0 unspecified atom stereocenters. The lowest BCUT2D eigenvalue weighted by Crippen LogP contribution is -1.94. The average molecular weight is 342 g/mol. The predicted molar refractivity (Wildman–Crippen MR) is 90.9 cm³/mol. The molecule has 1 N–H and O–H groups in total. The molecule has 2 aromatic heterocycles. The second-order valence-corrected chi connectivity index (χ2v) is 6.13. The SMILES string of the molecule is CC(=O)CSc1nnc(-c2cc(N=O)cc(-c3ccnn3C)c2)[nH]1. The standard InChI is InChI=1S/C15H14N6O2S/c1-9(22)8-24-15-17-14(18-19-15)11-5-10(6-12(7-11)20-23)13-3-4-16-21(13)2/h3-7H,8H2,1-2H3,(H,17,18,19). The number of benzene rings is 1. The molecule has 0 amide bonds. The van der Waals surface area contributed by atoms with Crippen molar-refractivity contribution in [1.29, 1.82) is 0 Å². The fraction of sp³-hybridized carbons (Fsp3) is 0.200. The van der Waals surface area contributed by atoms with Crippen LogP contribution in [0, 0.1) is 4.91 Å². The molecule has 8 nitrogen and oxygen atoms in total. The molecule has 122 valence electrons. The summed E-state index contributed by atoms with van der Waals surface area (Å²) in [6.07, 6.45) is 1.68. The molecule has 1 aromatic carbocycles. The Bertz CT molecular complexity index is 901. The number of carbonyl (C=O) groups excluding carboxylic acids is 1. The van der Waals surface area contributed by atoms with E-state index in [-0.39, 0.29) is 11.5 Å². The van der Waals surface area contributed by atoms with Gasteiger partial charge in [-0.2, -0.15) is 5.10 Å². The van der Waals surface area contributed by atoms with E-state index in [1.807, 2.05) is 19.2 Å². The van der Waals surface area contributed by atoms with Crippen molar-refractivity contribution in [2.24, 2.45) is 12.2 Å². The van der Waals surface area contributed by atoms with Crippen molar-refractivity contribution >= 4 is 23.2 Å². The van der Waals surface area contributed by atoms with Gasteiger partial charge >= 0.3 is 0 Å². The summed E-state index contributed by atoms with van der Waals surface area (Å²) >= 11 is 1.28. The Kier molecular flexibility index (Phi) is 4.52. The van der Waals surface area contributed by atoms with Crippen molar-refractivity contribution in [3.63, 3.8) is 0 Å². The Hall–Kier alpha value is -2.81. The lowest BCUT2D eigenvalue weighted by Gasteiger charge is -2.05. The third kappa shape index (κ3) is 3.40. The number of rotatable bonds is 6. The lowest BCUT2D eigenvalue weighted by molar-refractivity contribution is -0.114. The van der Waals surface area contributed by atoms with Gasteiger partial charge in [0, 0.05) is 24.4 Å². The number of ketones is 1. The first-order valence-electron chi connectivity index (χ1n) is 7.09. The summed E-state index contributed by atoms with van der Waals surface area (Å²) < 4.78 is 1.71. The minimum atomic E-state index is 0.0589. The van der Waals surface area contributed by atoms with Crippen LogP contribution in [0.4, 0.5) is 5.69 Å². The van der Waals surface area contributed by atoms with Gasteiger partial charge in [-0.15, -0.1) is 15.1 Å². The summed E-state index contributed by atoms with van der Waals surface area (Å²) in [5.41, 5.74) is 2.63. The third-order valence-electron chi connectivity index (χ3n) is 3.29. The van der Waals surface area contributed by atoms with Crippen LogP contribution >= 0.6 is 11.8 Å². The summed E-state index contributed by atoms with van der Waals surface area (Å²) in [7, 11) is 1.82. The number of hydrogen-bond donors (Lipinski definition) is 1. The largest absolute Gasteiger partial charge is 0.316 e. The van der Waals surface area contributed by atoms with Crippen LogP contribution in [0.5, 0.6) is 0 Å². The van der Waals surface area contributed by atoms with Crippen molar-refractivity contribution in [2.45, 2.75) is 12.1 Å².